The molecule has 1 heterocycles. The molecule has 208 valence electrons. The predicted octanol–water partition coefficient (Wildman–Crippen LogP) is 8.01. The fourth-order valence-corrected chi connectivity index (χ4v) is 4.75. The third-order valence-corrected chi connectivity index (χ3v) is 6.95. The molecular formula is C34H24F3N3O2. The van der Waals surface area contributed by atoms with Crippen molar-refractivity contribution in [1.29, 1.82) is 0 Å². The number of ether oxygens (including phenoxy) is 1. The number of hydrogen-bond donors (Lipinski definition) is 0. The molecular weight excluding hydrogens is 539 g/mol. The van der Waals surface area contributed by atoms with E-state index in [2.05, 4.69) is 10.1 Å². The highest BCUT2D eigenvalue weighted by molar-refractivity contribution is 6.02. The Hall–Kier alpha value is -5.24. The molecule has 0 atom stereocenters. The number of aromatic nitrogens is 2. The van der Waals surface area contributed by atoms with E-state index >= 15 is 0 Å². The van der Waals surface area contributed by atoms with Crippen molar-refractivity contribution in [3.05, 3.63) is 142 Å². The van der Waals surface area contributed by atoms with Gasteiger partial charge in [0.2, 0.25) is 0 Å². The van der Waals surface area contributed by atoms with Gasteiger partial charge in [-0.15, -0.1) is 0 Å². The minimum absolute atomic E-state index is 0.0107. The standard InChI is InChI=1S/C34H24F3N3O2/c1-22-13-15-23(16-14-22)21-42-31-18-17-24-7-2-3-10-27(24)29(31)20-38-40-32(25-8-6-9-26(19-25)34(35,36)37)39-30-12-5-4-11-28(30)33(40)41/h2-20H,21H2,1H3. The molecule has 5 nitrogen and oxygen atoms in total. The summed E-state index contributed by atoms with van der Waals surface area (Å²) in [6.45, 7) is 2.33. The summed E-state index contributed by atoms with van der Waals surface area (Å²) in [6.07, 6.45) is -3.06. The lowest BCUT2D eigenvalue weighted by Crippen LogP contribution is -2.20. The van der Waals surface area contributed by atoms with E-state index < -0.39 is 17.3 Å². The SMILES string of the molecule is Cc1ccc(COc2ccc3ccccc3c2C=Nn2c(-c3cccc(C(F)(F)F)c3)nc3ccccc3c2=O)cc1. The number of rotatable bonds is 6. The summed E-state index contributed by atoms with van der Waals surface area (Å²) in [5.41, 5.74) is 1.86. The molecule has 0 radical (unpaired) electrons. The van der Waals surface area contributed by atoms with Crippen LogP contribution in [0.15, 0.2) is 119 Å². The quantitative estimate of drug-likeness (QED) is 0.193. The lowest BCUT2D eigenvalue weighted by atomic mass is 10.0. The molecule has 42 heavy (non-hydrogen) atoms. The third-order valence-electron chi connectivity index (χ3n) is 6.95. The minimum atomic E-state index is -4.56. The number of para-hydroxylation sites is 1. The summed E-state index contributed by atoms with van der Waals surface area (Å²) in [7, 11) is 0. The molecule has 0 spiro atoms. The molecule has 8 heteroatoms. The highest BCUT2D eigenvalue weighted by Gasteiger charge is 2.31. The second kappa shape index (κ2) is 11.0. The van der Waals surface area contributed by atoms with Crippen LogP contribution in [0.3, 0.4) is 0 Å². The smallest absolute Gasteiger partial charge is 0.416 e. The molecule has 0 saturated carbocycles. The van der Waals surface area contributed by atoms with Crippen LogP contribution >= 0.6 is 0 Å². The molecule has 0 aliphatic rings. The van der Waals surface area contributed by atoms with E-state index in [0.29, 0.717) is 28.8 Å². The van der Waals surface area contributed by atoms with Gasteiger partial charge in [0.15, 0.2) is 5.82 Å². The van der Waals surface area contributed by atoms with Crippen LogP contribution in [0.2, 0.25) is 0 Å². The zero-order chi connectivity index (χ0) is 29.3. The molecule has 0 saturated heterocycles. The van der Waals surface area contributed by atoms with Crippen LogP contribution in [0.1, 0.15) is 22.3 Å². The number of hydrogen-bond acceptors (Lipinski definition) is 4. The topological polar surface area (TPSA) is 56.5 Å². The molecule has 0 amide bonds. The van der Waals surface area contributed by atoms with Crippen LogP contribution in [0.25, 0.3) is 33.1 Å². The summed E-state index contributed by atoms with van der Waals surface area (Å²) in [5.74, 6) is 0.531. The van der Waals surface area contributed by atoms with E-state index in [0.717, 1.165) is 38.7 Å². The van der Waals surface area contributed by atoms with Crippen LogP contribution in [0.5, 0.6) is 5.75 Å². The number of aryl methyl sites for hydroxylation is 1. The van der Waals surface area contributed by atoms with E-state index in [1.54, 1.807) is 24.3 Å². The van der Waals surface area contributed by atoms with Gasteiger partial charge in [-0.25, -0.2) is 4.98 Å². The van der Waals surface area contributed by atoms with Crippen molar-refractivity contribution in [1.82, 2.24) is 9.66 Å². The van der Waals surface area contributed by atoms with Crippen molar-refractivity contribution in [2.75, 3.05) is 0 Å². The Bertz CT molecular complexity index is 2010. The first-order chi connectivity index (χ1) is 20.3. The van der Waals surface area contributed by atoms with Gasteiger partial charge in [-0.2, -0.15) is 22.9 Å². The molecule has 0 bridgehead atoms. The zero-order valence-corrected chi connectivity index (χ0v) is 22.5. The molecule has 5 aromatic carbocycles. The Morgan fingerprint density at radius 1 is 0.857 bits per heavy atom. The van der Waals surface area contributed by atoms with Gasteiger partial charge in [-0.1, -0.05) is 84.4 Å². The average molecular weight is 564 g/mol. The Morgan fingerprint density at radius 3 is 2.38 bits per heavy atom. The highest BCUT2D eigenvalue weighted by atomic mass is 19.4. The molecule has 0 fully saturated rings. The van der Waals surface area contributed by atoms with Gasteiger partial charge in [0.1, 0.15) is 12.4 Å². The summed E-state index contributed by atoms with van der Waals surface area (Å²) < 4.78 is 47.9. The van der Waals surface area contributed by atoms with Crippen molar-refractivity contribution in [3.63, 3.8) is 0 Å². The Morgan fingerprint density at radius 2 is 1.60 bits per heavy atom. The van der Waals surface area contributed by atoms with Gasteiger partial charge in [-0.3, -0.25) is 4.79 Å². The monoisotopic (exact) mass is 563 g/mol. The summed E-state index contributed by atoms with van der Waals surface area (Å²) in [5, 5.41) is 6.59. The zero-order valence-electron chi connectivity index (χ0n) is 22.5. The number of halogens is 3. The van der Waals surface area contributed by atoms with Crippen molar-refractivity contribution < 1.29 is 17.9 Å². The summed E-state index contributed by atoms with van der Waals surface area (Å²) in [6, 6.07) is 30.8. The van der Waals surface area contributed by atoms with Gasteiger partial charge < -0.3 is 4.74 Å². The normalized spacial score (nSPS) is 11.9. The molecule has 0 N–H and O–H groups in total. The number of alkyl halides is 3. The molecule has 1 aromatic heterocycles. The summed E-state index contributed by atoms with van der Waals surface area (Å²) in [4.78, 5) is 18.2. The maximum absolute atomic E-state index is 13.7. The second-order valence-electron chi connectivity index (χ2n) is 9.87. The Balaban J connectivity index is 1.50. The van der Waals surface area contributed by atoms with Gasteiger partial charge >= 0.3 is 6.18 Å². The first-order valence-corrected chi connectivity index (χ1v) is 13.2. The number of benzene rings is 5. The second-order valence-corrected chi connectivity index (χ2v) is 9.87. The van der Waals surface area contributed by atoms with Crippen molar-refractivity contribution >= 4 is 27.9 Å². The Labute approximate surface area is 239 Å². The van der Waals surface area contributed by atoms with Gasteiger partial charge in [0.05, 0.1) is 22.7 Å². The maximum Gasteiger partial charge on any atom is 0.416 e. The van der Waals surface area contributed by atoms with E-state index in [-0.39, 0.29) is 11.4 Å². The lowest BCUT2D eigenvalue weighted by molar-refractivity contribution is -0.137. The first kappa shape index (κ1) is 27.0. The minimum Gasteiger partial charge on any atom is -0.488 e. The fraction of sp³-hybridized carbons (Fsp3) is 0.0882. The first-order valence-electron chi connectivity index (χ1n) is 13.2. The van der Waals surface area contributed by atoms with Crippen LogP contribution in [-0.2, 0) is 12.8 Å². The Kier molecular flexibility index (Phi) is 7.04. The molecule has 0 aliphatic carbocycles. The van der Waals surface area contributed by atoms with Gasteiger partial charge in [0, 0.05) is 11.1 Å². The number of nitrogens with zero attached hydrogens (tertiary/aromatic N) is 3. The number of fused-ring (bicyclic) bond motifs is 2. The van der Waals surface area contributed by atoms with Crippen molar-refractivity contribution in [3.8, 4) is 17.1 Å². The van der Waals surface area contributed by atoms with E-state index in [4.69, 9.17) is 4.74 Å². The average Bonchev–Trinajstić information content (AvgIpc) is 3.00. The molecule has 6 aromatic rings. The van der Waals surface area contributed by atoms with Crippen molar-refractivity contribution in [2.24, 2.45) is 5.10 Å². The van der Waals surface area contributed by atoms with Gasteiger partial charge in [0.25, 0.3) is 5.56 Å². The molecule has 0 aliphatic heterocycles. The van der Waals surface area contributed by atoms with E-state index in [1.165, 1.54) is 18.3 Å². The third kappa shape index (κ3) is 5.39. The van der Waals surface area contributed by atoms with Crippen LogP contribution < -0.4 is 10.3 Å². The maximum atomic E-state index is 13.7. The largest absolute Gasteiger partial charge is 0.488 e. The lowest BCUT2D eigenvalue weighted by Gasteiger charge is -2.14. The van der Waals surface area contributed by atoms with Crippen LogP contribution in [-0.4, -0.2) is 15.9 Å². The summed E-state index contributed by atoms with van der Waals surface area (Å²) >= 11 is 0. The predicted molar refractivity (Wildman–Crippen MR) is 159 cm³/mol. The highest BCUT2D eigenvalue weighted by Crippen LogP contribution is 2.32. The van der Waals surface area contributed by atoms with Crippen molar-refractivity contribution in [2.45, 2.75) is 19.7 Å². The van der Waals surface area contributed by atoms with Crippen LogP contribution in [0, 0.1) is 6.92 Å². The van der Waals surface area contributed by atoms with Crippen LogP contribution in [0.4, 0.5) is 13.2 Å². The van der Waals surface area contributed by atoms with E-state index in [9.17, 15) is 18.0 Å². The fourth-order valence-electron chi connectivity index (χ4n) is 4.75. The molecule has 6 rings (SSSR count). The van der Waals surface area contributed by atoms with Gasteiger partial charge in [-0.05, 0) is 53.6 Å². The molecule has 0 unspecified atom stereocenters. The van der Waals surface area contributed by atoms with E-state index in [1.807, 2.05) is 67.6 Å².